The summed E-state index contributed by atoms with van der Waals surface area (Å²) in [6, 6.07) is -0.323. The molecule has 0 saturated carbocycles. The maximum Gasteiger partial charge on any atom is 0.270 e. The van der Waals surface area contributed by atoms with Gasteiger partial charge in [0.15, 0.2) is 0 Å². The van der Waals surface area contributed by atoms with Gasteiger partial charge >= 0.3 is 0 Å². The number of carbonyl (C=O) groups excluding carboxylic acids is 2. The van der Waals surface area contributed by atoms with E-state index in [2.05, 4.69) is 10.5 Å². The molecule has 0 aromatic heterocycles. The smallest absolute Gasteiger partial charge is 0.270 e. The summed E-state index contributed by atoms with van der Waals surface area (Å²) in [7, 11) is 0. The lowest BCUT2D eigenvalue weighted by atomic mass is 10.1. The van der Waals surface area contributed by atoms with Gasteiger partial charge in [-0.3, -0.25) is 9.59 Å². The Morgan fingerprint density at radius 2 is 2.41 bits per heavy atom. The van der Waals surface area contributed by atoms with E-state index in [1.165, 1.54) is 0 Å². The Morgan fingerprint density at radius 3 is 3.06 bits per heavy atom. The summed E-state index contributed by atoms with van der Waals surface area (Å²) in [4.78, 5) is 24.6. The molecule has 1 saturated heterocycles. The van der Waals surface area contributed by atoms with E-state index in [0.29, 0.717) is 31.9 Å². The lowest BCUT2D eigenvalue weighted by molar-refractivity contribution is -0.134. The standard InChI is InChI=1S/C10H15N3O4/c14-5-7-6-17-4-3-13(7)10(16)8-1-2-9(15)12-11-8/h7,14H,1-6H2,(H,12,15). The second-order valence-corrected chi connectivity index (χ2v) is 4.00. The third kappa shape index (κ3) is 2.62. The van der Waals surface area contributed by atoms with E-state index >= 15 is 0 Å². The fraction of sp³-hybridized carbons (Fsp3) is 0.700. The van der Waals surface area contributed by atoms with Crippen molar-refractivity contribution in [3.63, 3.8) is 0 Å². The van der Waals surface area contributed by atoms with Crippen molar-refractivity contribution in [2.75, 3.05) is 26.4 Å². The molecule has 2 aliphatic heterocycles. The number of hydrazone groups is 1. The van der Waals surface area contributed by atoms with Crippen molar-refractivity contribution in [3.8, 4) is 0 Å². The van der Waals surface area contributed by atoms with Crippen LogP contribution in [0.1, 0.15) is 12.8 Å². The van der Waals surface area contributed by atoms with Crippen LogP contribution in [0.5, 0.6) is 0 Å². The molecule has 2 rings (SSSR count). The van der Waals surface area contributed by atoms with Gasteiger partial charge in [0.25, 0.3) is 5.91 Å². The number of ether oxygens (including phenoxy) is 1. The van der Waals surface area contributed by atoms with Gasteiger partial charge in [-0.05, 0) is 0 Å². The molecule has 17 heavy (non-hydrogen) atoms. The molecule has 0 radical (unpaired) electrons. The predicted molar refractivity (Wildman–Crippen MR) is 58.2 cm³/mol. The van der Waals surface area contributed by atoms with E-state index in [-0.39, 0.29) is 30.9 Å². The fourth-order valence-electron chi connectivity index (χ4n) is 1.87. The van der Waals surface area contributed by atoms with Crippen LogP contribution in [0.25, 0.3) is 0 Å². The maximum atomic E-state index is 12.1. The van der Waals surface area contributed by atoms with Gasteiger partial charge in [-0.2, -0.15) is 5.10 Å². The first-order valence-corrected chi connectivity index (χ1v) is 5.57. The zero-order valence-corrected chi connectivity index (χ0v) is 9.39. The first-order valence-electron chi connectivity index (χ1n) is 5.57. The average molecular weight is 241 g/mol. The zero-order valence-electron chi connectivity index (χ0n) is 9.39. The molecule has 1 atom stereocenters. The normalized spacial score (nSPS) is 25.2. The van der Waals surface area contributed by atoms with Crippen LogP contribution >= 0.6 is 0 Å². The first kappa shape index (κ1) is 12.0. The Balaban J connectivity index is 2.05. The molecule has 94 valence electrons. The van der Waals surface area contributed by atoms with Crippen LogP contribution < -0.4 is 5.43 Å². The molecule has 0 aromatic carbocycles. The van der Waals surface area contributed by atoms with Crippen LogP contribution in [0, 0.1) is 0 Å². The van der Waals surface area contributed by atoms with Crippen molar-refractivity contribution in [2.24, 2.45) is 5.10 Å². The SMILES string of the molecule is O=C1CCC(C(=O)N2CCOCC2CO)=NN1. The number of hydrogen-bond acceptors (Lipinski definition) is 5. The molecule has 1 fully saturated rings. The number of amides is 2. The van der Waals surface area contributed by atoms with Crippen molar-refractivity contribution in [1.82, 2.24) is 10.3 Å². The highest BCUT2D eigenvalue weighted by atomic mass is 16.5. The molecule has 0 aliphatic carbocycles. The van der Waals surface area contributed by atoms with Crippen molar-refractivity contribution in [1.29, 1.82) is 0 Å². The van der Waals surface area contributed by atoms with Crippen LogP contribution in [-0.2, 0) is 14.3 Å². The molecule has 2 heterocycles. The van der Waals surface area contributed by atoms with Crippen molar-refractivity contribution >= 4 is 17.5 Å². The van der Waals surface area contributed by atoms with E-state index in [4.69, 9.17) is 9.84 Å². The van der Waals surface area contributed by atoms with Gasteiger partial charge in [0.1, 0.15) is 5.71 Å². The number of hydrogen-bond donors (Lipinski definition) is 2. The Kier molecular flexibility index (Phi) is 3.70. The third-order valence-corrected chi connectivity index (χ3v) is 2.85. The van der Waals surface area contributed by atoms with Gasteiger partial charge in [-0.25, -0.2) is 5.43 Å². The second-order valence-electron chi connectivity index (χ2n) is 4.00. The highest BCUT2D eigenvalue weighted by molar-refractivity contribution is 6.39. The Labute approximate surface area is 98.4 Å². The summed E-state index contributed by atoms with van der Waals surface area (Å²) in [5.74, 6) is -0.408. The Morgan fingerprint density at radius 1 is 1.59 bits per heavy atom. The lowest BCUT2D eigenvalue weighted by Gasteiger charge is -2.34. The van der Waals surface area contributed by atoms with Crippen LogP contribution in [0.2, 0.25) is 0 Å². The molecule has 0 bridgehead atoms. The summed E-state index contributed by atoms with van der Waals surface area (Å²) < 4.78 is 5.19. The first-order chi connectivity index (χ1) is 8.22. The van der Waals surface area contributed by atoms with Crippen molar-refractivity contribution in [3.05, 3.63) is 0 Å². The molecular formula is C10H15N3O4. The number of carbonyl (C=O) groups is 2. The average Bonchev–Trinajstić information content (AvgIpc) is 2.39. The van der Waals surface area contributed by atoms with E-state index in [0.717, 1.165) is 0 Å². The highest BCUT2D eigenvalue weighted by Crippen LogP contribution is 2.10. The maximum absolute atomic E-state index is 12.1. The minimum absolute atomic E-state index is 0.134. The van der Waals surface area contributed by atoms with E-state index < -0.39 is 0 Å². The minimum atomic E-state index is -0.323. The van der Waals surface area contributed by atoms with Crippen LogP contribution in [0.15, 0.2) is 5.10 Å². The van der Waals surface area contributed by atoms with Gasteiger partial charge in [0.2, 0.25) is 5.91 Å². The Bertz CT molecular complexity index is 355. The van der Waals surface area contributed by atoms with E-state index in [9.17, 15) is 9.59 Å². The predicted octanol–water partition coefficient (Wildman–Crippen LogP) is -1.53. The van der Waals surface area contributed by atoms with E-state index in [1.807, 2.05) is 0 Å². The minimum Gasteiger partial charge on any atom is -0.394 e. The molecule has 2 aliphatic rings. The largest absolute Gasteiger partial charge is 0.394 e. The molecule has 7 heteroatoms. The van der Waals surface area contributed by atoms with Gasteiger partial charge in [0.05, 0.1) is 25.9 Å². The van der Waals surface area contributed by atoms with E-state index in [1.54, 1.807) is 4.90 Å². The second kappa shape index (κ2) is 5.24. The summed E-state index contributed by atoms with van der Waals surface area (Å²) >= 11 is 0. The summed E-state index contributed by atoms with van der Waals surface area (Å²) in [6.07, 6.45) is 0.624. The highest BCUT2D eigenvalue weighted by Gasteiger charge is 2.30. The third-order valence-electron chi connectivity index (χ3n) is 2.85. The zero-order chi connectivity index (χ0) is 12.3. The molecule has 7 nitrogen and oxygen atoms in total. The van der Waals surface area contributed by atoms with Gasteiger partial charge in [0, 0.05) is 19.4 Å². The van der Waals surface area contributed by atoms with Crippen molar-refractivity contribution in [2.45, 2.75) is 18.9 Å². The summed E-state index contributed by atoms with van der Waals surface area (Å²) in [5, 5.41) is 12.9. The number of rotatable bonds is 2. The molecule has 1 unspecified atom stereocenters. The van der Waals surface area contributed by atoms with Gasteiger partial charge in [-0.1, -0.05) is 0 Å². The monoisotopic (exact) mass is 241 g/mol. The summed E-state index contributed by atoms with van der Waals surface area (Å²) in [6.45, 7) is 1.10. The number of aliphatic hydroxyl groups excluding tert-OH is 1. The Hall–Kier alpha value is -1.47. The number of nitrogens with zero attached hydrogens (tertiary/aromatic N) is 2. The number of aliphatic hydroxyl groups is 1. The van der Waals surface area contributed by atoms with Crippen LogP contribution in [0.3, 0.4) is 0 Å². The topological polar surface area (TPSA) is 91.2 Å². The molecule has 0 aromatic rings. The van der Waals surface area contributed by atoms with Gasteiger partial charge in [-0.15, -0.1) is 0 Å². The molecular weight excluding hydrogens is 226 g/mol. The lowest BCUT2D eigenvalue weighted by Crippen LogP contribution is -2.53. The number of morpholine rings is 1. The number of nitrogens with one attached hydrogen (secondary N) is 1. The van der Waals surface area contributed by atoms with Crippen molar-refractivity contribution < 1.29 is 19.4 Å². The van der Waals surface area contributed by atoms with Gasteiger partial charge < -0.3 is 14.7 Å². The van der Waals surface area contributed by atoms with Crippen LogP contribution in [0.4, 0.5) is 0 Å². The summed E-state index contributed by atoms with van der Waals surface area (Å²) in [5.41, 5.74) is 2.63. The van der Waals surface area contributed by atoms with Crippen LogP contribution in [-0.4, -0.2) is 59.9 Å². The quantitative estimate of drug-likeness (QED) is 0.613. The molecule has 0 spiro atoms. The fourth-order valence-corrected chi connectivity index (χ4v) is 1.87. The molecule has 2 N–H and O–H groups in total. The molecule has 2 amide bonds.